The molecule has 0 bridgehead atoms. The predicted octanol–water partition coefficient (Wildman–Crippen LogP) is 4.06. The SMILES string of the molecule is CCC(C)[C@@H](N)c1ccc(Br)c(F)c1.Cl. The third-order valence-corrected chi connectivity index (χ3v) is 3.23. The number of rotatable bonds is 3. The van der Waals surface area contributed by atoms with Crippen molar-refractivity contribution in [1.29, 1.82) is 0 Å². The van der Waals surface area contributed by atoms with Crippen molar-refractivity contribution in [3.63, 3.8) is 0 Å². The van der Waals surface area contributed by atoms with Crippen LogP contribution in [0.15, 0.2) is 22.7 Å². The quantitative estimate of drug-likeness (QED) is 0.894. The Labute approximate surface area is 105 Å². The van der Waals surface area contributed by atoms with Crippen LogP contribution in [-0.4, -0.2) is 0 Å². The van der Waals surface area contributed by atoms with Crippen LogP contribution in [0.25, 0.3) is 0 Å². The summed E-state index contributed by atoms with van der Waals surface area (Å²) in [5.74, 6) is 0.122. The van der Waals surface area contributed by atoms with Gasteiger partial charge in [0.05, 0.1) is 4.47 Å². The first-order valence-electron chi connectivity index (χ1n) is 4.76. The van der Waals surface area contributed by atoms with Crippen LogP contribution >= 0.6 is 28.3 Å². The lowest BCUT2D eigenvalue weighted by molar-refractivity contribution is 0.454. The van der Waals surface area contributed by atoms with Crippen LogP contribution in [0.3, 0.4) is 0 Å². The van der Waals surface area contributed by atoms with Crippen molar-refractivity contribution < 1.29 is 4.39 Å². The topological polar surface area (TPSA) is 26.0 Å². The van der Waals surface area contributed by atoms with Gasteiger partial charge in [0, 0.05) is 6.04 Å². The molecule has 4 heteroatoms. The van der Waals surface area contributed by atoms with Crippen LogP contribution in [0.5, 0.6) is 0 Å². The Kier molecular flexibility index (Phi) is 6.41. The molecule has 0 fully saturated rings. The van der Waals surface area contributed by atoms with Crippen molar-refractivity contribution in [2.45, 2.75) is 26.3 Å². The van der Waals surface area contributed by atoms with E-state index in [1.54, 1.807) is 6.07 Å². The summed E-state index contributed by atoms with van der Waals surface area (Å²) >= 11 is 3.12. The van der Waals surface area contributed by atoms with Gasteiger partial charge in [-0.2, -0.15) is 0 Å². The zero-order valence-electron chi connectivity index (χ0n) is 8.84. The Balaban J connectivity index is 0.00000196. The van der Waals surface area contributed by atoms with Gasteiger partial charge in [-0.15, -0.1) is 12.4 Å². The van der Waals surface area contributed by atoms with E-state index in [1.807, 2.05) is 6.07 Å². The first-order chi connectivity index (χ1) is 6.56. The highest BCUT2D eigenvalue weighted by Crippen LogP contribution is 2.25. The lowest BCUT2D eigenvalue weighted by Gasteiger charge is -2.18. The van der Waals surface area contributed by atoms with E-state index in [0.717, 1.165) is 12.0 Å². The molecule has 86 valence electrons. The lowest BCUT2D eigenvalue weighted by Crippen LogP contribution is -2.18. The highest BCUT2D eigenvalue weighted by Gasteiger charge is 2.14. The highest BCUT2D eigenvalue weighted by atomic mass is 79.9. The molecule has 1 aromatic rings. The minimum atomic E-state index is -0.249. The summed E-state index contributed by atoms with van der Waals surface area (Å²) in [4.78, 5) is 0. The molecule has 15 heavy (non-hydrogen) atoms. The molecule has 0 amide bonds. The number of benzene rings is 1. The van der Waals surface area contributed by atoms with Gasteiger partial charge >= 0.3 is 0 Å². The molecule has 1 unspecified atom stereocenters. The number of hydrogen-bond acceptors (Lipinski definition) is 1. The summed E-state index contributed by atoms with van der Waals surface area (Å²) in [6.45, 7) is 4.16. The molecule has 2 atom stereocenters. The summed E-state index contributed by atoms with van der Waals surface area (Å²) < 4.78 is 13.7. The number of halogens is 3. The fraction of sp³-hybridized carbons (Fsp3) is 0.455. The number of nitrogens with two attached hydrogens (primary N) is 1. The van der Waals surface area contributed by atoms with Gasteiger partial charge in [0.15, 0.2) is 0 Å². The van der Waals surface area contributed by atoms with Crippen molar-refractivity contribution in [3.05, 3.63) is 34.1 Å². The second kappa shape index (κ2) is 6.46. The van der Waals surface area contributed by atoms with Crippen molar-refractivity contribution in [2.75, 3.05) is 0 Å². The Morgan fingerprint density at radius 2 is 2.07 bits per heavy atom. The summed E-state index contributed by atoms with van der Waals surface area (Å²) in [5, 5.41) is 0. The molecular weight excluding hydrogens is 280 g/mol. The highest BCUT2D eigenvalue weighted by molar-refractivity contribution is 9.10. The molecule has 0 aliphatic carbocycles. The second-order valence-corrected chi connectivity index (χ2v) is 4.44. The van der Waals surface area contributed by atoms with Gasteiger partial charge in [-0.3, -0.25) is 0 Å². The lowest BCUT2D eigenvalue weighted by atomic mass is 9.93. The monoisotopic (exact) mass is 295 g/mol. The smallest absolute Gasteiger partial charge is 0.137 e. The minimum Gasteiger partial charge on any atom is -0.324 e. The average molecular weight is 297 g/mol. The summed E-state index contributed by atoms with van der Waals surface area (Å²) in [6.07, 6.45) is 0.999. The van der Waals surface area contributed by atoms with E-state index in [2.05, 4.69) is 29.8 Å². The zero-order valence-corrected chi connectivity index (χ0v) is 11.2. The van der Waals surface area contributed by atoms with Crippen molar-refractivity contribution in [3.8, 4) is 0 Å². The molecule has 0 radical (unpaired) electrons. The van der Waals surface area contributed by atoms with Crippen LogP contribution in [0.4, 0.5) is 4.39 Å². The van der Waals surface area contributed by atoms with E-state index in [9.17, 15) is 4.39 Å². The fourth-order valence-corrected chi connectivity index (χ4v) is 1.55. The largest absolute Gasteiger partial charge is 0.324 e. The Hall–Kier alpha value is -0.120. The maximum absolute atomic E-state index is 13.2. The third kappa shape index (κ3) is 3.74. The van der Waals surface area contributed by atoms with Gasteiger partial charge in [-0.05, 0) is 39.5 Å². The Bertz CT molecular complexity index is 319. The van der Waals surface area contributed by atoms with Gasteiger partial charge in [-0.1, -0.05) is 26.3 Å². The van der Waals surface area contributed by atoms with Crippen LogP contribution in [0.1, 0.15) is 31.9 Å². The predicted molar refractivity (Wildman–Crippen MR) is 67.7 cm³/mol. The molecule has 0 aliphatic rings. The number of hydrogen-bond donors (Lipinski definition) is 1. The molecule has 1 aromatic carbocycles. The van der Waals surface area contributed by atoms with Gasteiger partial charge in [0.2, 0.25) is 0 Å². The van der Waals surface area contributed by atoms with Crippen molar-refractivity contribution >= 4 is 28.3 Å². The maximum Gasteiger partial charge on any atom is 0.137 e. The minimum absolute atomic E-state index is 0. The normalized spacial score (nSPS) is 14.2. The van der Waals surface area contributed by atoms with Crippen LogP contribution < -0.4 is 5.73 Å². The standard InChI is InChI=1S/C11H15BrFN.ClH/c1-3-7(2)11(14)8-4-5-9(12)10(13)6-8;/h4-7,11H,3,14H2,1-2H3;1H/t7?,11-;/m1./s1. The van der Waals surface area contributed by atoms with E-state index >= 15 is 0 Å². The van der Waals surface area contributed by atoms with Crippen LogP contribution in [0.2, 0.25) is 0 Å². The molecule has 0 saturated carbocycles. The van der Waals surface area contributed by atoms with Crippen LogP contribution in [-0.2, 0) is 0 Å². The van der Waals surface area contributed by atoms with Crippen LogP contribution in [0, 0.1) is 11.7 Å². The third-order valence-electron chi connectivity index (χ3n) is 2.59. The Morgan fingerprint density at radius 3 is 2.53 bits per heavy atom. The first-order valence-corrected chi connectivity index (χ1v) is 5.56. The summed E-state index contributed by atoms with van der Waals surface area (Å²) in [7, 11) is 0. The van der Waals surface area contributed by atoms with Gasteiger partial charge < -0.3 is 5.73 Å². The van der Waals surface area contributed by atoms with E-state index in [0.29, 0.717) is 10.4 Å². The Morgan fingerprint density at radius 1 is 1.47 bits per heavy atom. The molecule has 0 saturated heterocycles. The molecular formula is C11H16BrClFN. The average Bonchev–Trinajstić information content (AvgIpc) is 2.20. The van der Waals surface area contributed by atoms with E-state index in [1.165, 1.54) is 6.07 Å². The molecule has 1 rings (SSSR count). The first kappa shape index (κ1) is 14.9. The van der Waals surface area contributed by atoms with Crippen molar-refractivity contribution in [1.82, 2.24) is 0 Å². The molecule has 0 heterocycles. The van der Waals surface area contributed by atoms with E-state index in [4.69, 9.17) is 5.73 Å². The fourth-order valence-electron chi connectivity index (χ4n) is 1.30. The van der Waals surface area contributed by atoms with Gasteiger partial charge in [-0.25, -0.2) is 4.39 Å². The zero-order chi connectivity index (χ0) is 10.7. The summed E-state index contributed by atoms with van der Waals surface area (Å²) in [5.41, 5.74) is 6.85. The summed E-state index contributed by atoms with van der Waals surface area (Å²) in [6, 6.07) is 4.99. The van der Waals surface area contributed by atoms with Crippen molar-refractivity contribution in [2.24, 2.45) is 11.7 Å². The maximum atomic E-state index is 13.2. The molecule has 0 aliphatic heterocycles. The molecule has 2 N–H and O–H groups in total. The van der Waals surface area contributed by atoms with E-state index in [-0.39, 0.29) is 24.3 Å². The molecule has 0 aromatic heterocycles. The van der Waals surface area contributed by atoms with Gasteiger partial charge in [0.25, 0.3) is 0 Å². The second-order valence-electron chi connectivity index (χ2n) is 3.58. The molecule has 1 nitrogen and oxygen atoms in total. The van der Waals surface area contributed by atoms with Gasteiger partial charge in [0.1, 0.15) is 5.82 Å². The molecule has 0 spiro atoms. The van der Waals surface area contributed by atoms with E-state index < -0.39 is 0 Å².